The van der Waals surface area contributed by atoms with E-state index in [1.807, 2.05) is 24.3 Å². The van der Waals surface area contributed by atoms with Crippen LogP contribution >= 0.6 is 11.6 Å². The number of para-hydroxylation sites is 2. The summed E-state index contributed by atoms with van der Waals surface area (Å²) in [5.74, 6) is -0.472. The number of fused-ring (bicyclic) bond motifs is 1. The quantitative estimate of drug-likeness (QED) is 0.653. The Hall–Kier alpha value is -3.06. The Bertz CT molecular complexity index is 1020. The number of ether oxygens (including phenoxy) is 1. The molecule has 0 radical (unpaired) electrons. The van der Waals surface area contributed by atoms with Gasteiger partial charge in [0.2, 0.25) is 0 Å². The van der Waals surface area contributed by atoms with Crippen molar-refractivity contribution in [3.8, 4) is 5.75 Å². The fraction of sp³-hybridized carbons (Fsp3) is 0.286. The second-order valence-corrected chi connectivity index (χ2v) is 7.35. The fourth-order valence-corrected chi connectivity index (χ4v) is 3.58. The van der Waals surface area contributed by atoms with E-state index in [-0.39, 0.29) is 23.1 Å². The fourth-order valence-electron chi connectivity index (χ4n) is 3.41. The molecule has 0 unspecified atom stereocenters. The highest BCUT2D eigenvalue weighted by Gasteiger charge is 2.27. The molecule has 0 saturated carbocycles. The Kier molecular flexibility index (Phi) is 5.40. The molecule has 1 saturated heterocycles. The van der Waals surface area contributed by atoms with Crippen molar-refractivity contribution >= 4 is 34.6 Å². The SMILES string of the molecule is O=C(OCC(=O)N1CCC(c2nc3ccccc3o2)CC1)c1cc(Cl)ccc1O. The van der Waals surface area contributed by atoms with E-state index < -0.39 is 12.6 Å². The third kappa shape index (κ3) is 4.19. The number of oxazole rings is 1. The predicted octanol–water partition coefficient (Wildman–Crippen LogP) is 3.75. The van der Waals surface area contributed by atoms with E-state index in [4.69, 9.17) is 20.8 Å². The minimum absolute atomic E-state index is 0.0695. The van der Waals surface area contributed by atoms with Crippen LogP contribution in [0.5, 0.6) is 5.75 Å². The van der Waals surface area contributed by atoms with Crippen LogP contribution < -0.4 is 0 Å². The maximum Gasteiger partial charge on any atom is 0.342 e. The van der Waals surface area contributed by atoms with E-state index in [2.05, 4.69) is 4.98 Å². The molecule has 1 N–H and O–H groups in total. The molecule has 29 heavy (non-hydrogen) atoms. The lowest BCUT2D eigenvalue weighted by atomic mass is 9.97. The van der Waals surface area contributed by atoms with E-state index in [1.165, 1.54) is 18.2 Å². The van der Waals surface area contributed by atoms with Crippen LogP contribution in [0.25, 0.3) is 11.1 Å². The molecule has 150 valence electrons. The molecule has 2 aromatic carbocycles. The summed E-state index contributed by atoms with van der Waals surface area (Å²) in [6.45, 7) is 0.669. The van der Waals surface area contributed by atoms with Gasteiger partial charge >= 0.3 is 5.97 Å². The number of likely N-dealkylation sites (tertiary alicyclic amines) is 1. The van der Waals surface area contributed by atoms with Gasteiger partial charge in [-0.3, -0.25) is 4.79 Å². The first kappa shape index (κ1) is 19.3. The molecule has 1 aromatic heterocycles. The maximum absolute atomic E-state index is 12.4. The van der Waals surface area contributed by atoms with Gasteiger partial charge in [-0.15, -0.1) is 0 Å². The minimum Gasteiger partial charge on any atom is -0.507 e. The molecule has 7 nitrogen and oxygen atoms in total. The smallest absolute Gasteiger partial charge is 0.342 e. The second kappa shape index (κ2) is 8.13. The molecule has 0 spiro atoms. The number of benzene rings is 2. The number of hydrogen-bond donors (Lipinski definition) is 1. The molecular formula is C21H19ClN2O5. The third-order valence-electron chi connectivity index (χ3n) is 5.01. The first-order chi connectivity index (χ1) is 14.0. The Morgan fingerprint density at radius 1 is 1.21 bits per heavy atom. The van der Waals surface area contributed by atoms with Crippen molar-refractivity contribution in [3.63, 3.8) is 0 Å². The highest BCUT2D eigenvalue weighted by molar-refractivity contribution is 6.31. The normalized spacial score (nSPS) is 14.9. The Balaban J connectivity index is 1.31. The van der Waals surface area contributed by atoms with E-state index in [0.717, 1.165) is 23.9 Å². The van der Waals surface area contributed by atoms with Gasteiger partial charge in [0.05, 0.1) is 0 Å². The minimum atomic E-state index is -0.792. The van der Waals surface area contributed by atoms with Crippen LogP contribution in [0.15, 0.2) is 46.9 Å². The number of esters is 1. The predicted molar refractivity (Wildman–Crippen MR) is 106 cm³/mol. The largest absolute Gasteiger partial charge is 0.507 e. The van der Waals surface area contributed by atoms with Crippen molar-refractivity contribution in [2.45, 2.75) is 18.8 Å². The average Bonchev–Trinajstić information content (AvgIpc) is 3.18. The number of aromatic hydroxyl groups is 1. The number of hydrogen-bond acceptors (Lipinski definition) is 6. The number of nitrogens with zero attached hydrogens (tertiary/aromatic N) is 2. The topological polar surface area (TPSA) is 92.9 Å². The average molecular weight is 415 g/mol. The first-order valence-electron chi connectivity index (χ1n) is 9.30. The Morgan fingerprint density at radius 3 is 2.72 bits per heavy atom. The van der Waals surface area contributed by atoms with E-state index >= 15 is 0 Å². The summed E-state index contributed by atoms with van der Waals surface area (Å²) >= 11 is 5.83. The third-order valence-corrected chi connectivity index (χ3v) is 5.25. The number of piperidine rings is 1. The number of aromatic nitrogens is 1. The molecule has 0 aliphatic carbocycles. The van der Waals surface area contributed by atoms with Crippen molar-refractivity contribution in [1.29, 1.82) is 0 Å². The zero-order valence-electron chi connectivity index (χ0n) is 15.5. The second-order valence-electron chi connectivity index (χ2n) is 6.91. The number of phenols is 1. The lowest BCUT2D eigenvalue weighted by Crippen LogP contribution is -2.40. The summed E-state index contributed by atoms with van der Waals surface area (Å²) in [6, 6.07) is 11.7. The van der Waals surface area contributed by atoms with Gasteiger partial charge in [-0.1, -0.05) is 23.7 Å². The molecule has 1 amide bonds. The molecular weight excluding hydrogens is 396 g/mol. The summed E-state index contributed by atoms with van der Waals surface area (Å²) in [5.41, 5.74) is 1.52. The van der Waals surface area contributed by atoms with Crippen molar-refractivity contribution in [2.24, 2.45) is 0 Å². The van der Waals surface area contributed by atoms with Crippen molar-refractivity contribution in [3.05, 3.63) is 58.9 Å². The Morgan fingerprint density at radius 2 is 1.97 bits per heavy atom. The van der Waals surface area contributed by atoms with Gasteiger partial charge in [0, 0.05) is 24.0 Å². The van der Waals surface area contributed by atoms with E-state index in [9.17, 15) is 14.7 Å². The monoisotopic (exact) mass is 414 g/mol. The van der Waals surface area contributed by atoms with E-state index in [1.54, 1.807) is 4.90 Å². The van der Waals surface area contributed by atoms with Crippen LogP contribution in [-0.4, -0.2) is 46.6 Å². The molecule has 1 aliphatic rings. The van der Waals surface area contributed by atoms with Gasteiger partial charge in [0.15, 0.2) is 18.1 Å². The highest BCUT2D eigenvalue weighted by Crippen LogP contribution is 2.30. The number of rotatable bonds is 4. The molecule has 0 atom stereocenters. The van der Waals surface area contributed by atoms with Gasteiger partial charge in [-0.05, 0) is 43.2 Å². The van der Waals surface area contributed by atoms with Crippen LogP contribution in [0.4, 0.5) is 0 Å². The summed E-state index contributed by atoms with van der Waals surface area (Å²) in [5, 5.41) is 10.0. The lowest BCUT2D eigenvalue weighted by molar-refractivity contribution is -0.135. The van der Waals surface area contributed by atoms with Crippen LogP contribution in [0, 0.1) is 0 Å². The van der Waals surface area contributed by atoms with Crippen LogP contribution in [0.2, 0.25) is 5.02 Å². The maximum atomic E-state index is 12.4. The molecule has 8 heteroatoms. The van der Waals surface area contributed by atoms with Gasteiger partial charge in [0.1, 0.15) is 16.8 Å². The van der Waals surface area contributed by atoms with Crippen LogP contribution in [0.1, 0.15) is 35.0 Å². The van der Waals surface area contributed by atoms with Crippen molar-refractivity contribution in [2.75, 3.05) is 19.7 Å². The highest BCUT2D eigenvalue weighted by atomic mass is 35.5. The first-order valence-corrected chi connectivity index (χ1v) is 9.68. The standard InChI is InChI=1S/C21H19ClN2O5/c22-14-5-6-17(25)15(11-14)21(27)28-12-19(26)24-9-7-13(8-10-24)20-23-16-3-1-2-4-18(16)29-20/h1-6,11,13,25H,7-10,12H2. The summed E-state index contributed by atoms with van der Waals surface area (Å²) in [6.07, 6.45) is 1.45. The zero-order valence-corrected chi connectivity index (χ0v) is 16.3. The van der Waals surface area contributed by atoms with Gasteiger partial charge in [0.25, 0.3) is 5.91 Å². The van der Waals surface area contributed by atoms with Crippen molar-refractivity contribution < 1.29 is 23.8 Å². The van der Waals surface area contributed by atoms with E-state index in [0.29, 0.717) is 24.0 Å². The molecule has 4 rings (SSSR count). The van der Waals surface area contributed by atoms with Crippen LogP contribution in [0.3, 0.4) is 0 Å². The zero-order chi connectivity index (χ0) is 20.4. The Labute approximate surface area is 171 Å². The van der Waals surface area contributed by atoms with Crippen LogP contribution in [-0.2, 0) is 9.53 Å². The summed E-state index contributed by atoms with van der Waals surface area (Å²) in [4.78, 5) is 30.7. The molecule has 0 bridgehead atoms. The van der Waals surface area contributed by atoms with Crippen molar-refractivity contribution in [1.82, 2.24) is 9.88 Å². The molecule has 3 aromatic rings. The number of halogens is 1. The van der Waals surface area contributed by atoms with Gasteiger partial charge in [-0.25, -0.2) is 9.78 Å². The number of carbonyl (C=O) groups excluding carboxylic acids is 2. The summed E-state index contributed by atoms with van der Waals surface area (Å²) in [7, 11) is 0. The number of phenolic OH excluding ortho intramolecular Hbond substituents is 1. The van der Waals surface area contributed by atoms with Gasteiger partial charge in [-0.2, -0.15) is 0 Å². The van der Waals surface area contributed by atoms with Gasteiger partial charge < -0.3 is 19.2 Å². The summed E-state index contributed by atoms with van der Waals surface area (Å²) < 4.78 is 10.9. The lowest BCUT2D eigenvalue weighted by Gasteiger charge is -2.30. The number of amides is 1. The molecule has 2 heterocycles. The molecule has 1 fully saturated rings. The number of carbonyl (C=O) groups is 2. The molecule has 1 aliphatic heterocycles.